The highest BCUT2D eigenvalue weighted by Crippen LogP contribution is 2.37. The fourth-order valence-corrected chi connectivity index (χ4v) is 7.10. The molecule has 34 heavy (non-hydrogen) atoms. The lowest BCUT2D eigenvalue weighted by atomic mass is 9.85. The summed E-state index contributed by atoms with van der Waals surface area (Å²) < 4.78 is 33.5. The van der Waals surface area contributed by atoms with Gasteiger partial charge in [0.1, 0.15) is 4.21 Å². The van der Waals surface area contributed by atoms with E-state index >= 15 is 0 Å². The number of piperazine rings is 1. The van der Waals surface area contributed by atoms with Crippen LogP contribution in [0, 0.1) is 0 Å². The molecule has 0 radical (unpaired) electrons. The normalized spacial score (nSPS) is 17.8. The van der Waals surface area contributed by atoms with Crippen molar-refractivity contribution in [3.8, 4) is 11.4 Å². The third-order valence-electron chi connectivity index (χ3n) is 6.65. The van der Waals surface area contributed by atoms with Gasteiger partial charge in [0, 0.05) is 60.3 Å². The first-order valence-corrected chi connectivity index (χ1v) is 13.6. The molecule has 4 heterocycles. The predicted molar refractivity (Wildman–Crippen MR) is 127 cm³/mol. The molecule has 1 amide bonds. The van der Waals surface area contributed by atoms with Gasteiger partial charge in [-0.2, -0.15) is 9.29 Å². The van der Waals surface area contributed by atoms with Crippen molar-refractivity contribution in [2.24, 2.45) is 0 Å². The van der Waals surface area contributed by atoms with E-state index in [-0.39, 0.29) is 23.2 Å². The van der Waals surface area contributed by atoms with Crippen molar-refractivity contribution in [3.63, 3.8) is 0 Å². The molecule has 1 aliphatic heterocycles. The molecule has 2 aliphatic rings. The molecular formula is C23H23N5O4S2. The van der Waals surface area contributed by atoms with E-state index in [2.05, 4.69) is 15.1 Å². The van der Waals surface area contributed by atoms with Gasteiger partial charge in [-0.25, -0.2) is 8.42 Å². The number of hydrogen-bond donors (Lipinski definition) is 1. The van der Waals surface area contributed by atoms with Crippen LogP contribution in [0.5, 0.6) is 0 Å². The van der Waals surface area contributed by atoms with Crippen LogP contribution >= 0.6 is 11.3 Å². The minimum absolute atomic E-state index is 0.0914. The van der Waals surface area contributed by atoms with Crippen LogP contribution in [0.3, 0.4) is 0 Å². The molecule has 2 fully saturated rings. The largest absolute Gasteiger partial charge is 0.361 e. The number of hydrogen-bond acceptors (Lipinski definition) is 7. The lowest BCUT2D eigenvalue weighted by Crippen LogP contribution is -2.50. The summed E-state index contributed by atoms with van der Waals surface area (Å²) in [6.07, 6.45) is 5.12. The van der Waals surface area contributed by atoms with Crippen molar-refractivity contribution >= 4 is 38.2 Å². The number of rotatable bonds is 5. The average Bonchev–Trinajstić information content (AvgIpc) is 3.57. The van der Waals surface area contributed by atoms with Crippen LogP contribution < -0.4 is 0 Å². The van der Waals surface area contributed by atoms with Crippen molar-refractivity contribution in [3.05, 3.63) is 53.4 Å². The topological polar surface area (TPSA) is 112 Å². The second kappa shape index (κ2) is 8.33. The number of aromatic amines is 1. The van der Waals surface area contributed by atoms with Gasteiger partial charge in [-0.1, -0.05) is 17.6 Å². The molecule has 0 unspecified atom stereocenters. The molecule has 0 bridgehead atoms. The molecule has 1 saturated carbocycles. The quantitative estimate of drug-likeness (QED) is 0.450. The molecule has 11 heteroatoms. The molecule has 1 saturated heterocycles. The number of fused-ring (bicyclic) bond motifs is 1. The Kier molecular flexibility index (Phi) is 5.27. The van der Waals surface area contributed by atoms with Crippen LogP contribution in [0.1, 0.15) is 41.4 Å². The Labute approximate surface area is 200 Å². The minimum Gasteiger partial charge on any atom is -0.361 e. The summed E-state index contributed by atoms with van der Waals surface area (Å²) in [6, 6.07) is 9.12. The third-order valence-corrected chi connectivity index (χ3v) is 9.97. The van der Waals surface area contributed by atoms with Crippen molar-refractivity contribution in [2.45, 2.75) is 29.4 Å². The number of carbonyl (C=O) groups excluding carboxylic acids is 1. The second-order valence-electron chi connectivity index (χ2n) is 8.71. The van der Waals surface area contributed by atoms with Crippen LogP contribution in [0.25, 0.3) is 22.3 Å². The van der Waals surface area contributed by atoms with Gasteiger partial charge < -0.3 is 14.4 Å². The lowest BCUT2D eigenvalue weighted by Gasteiger charge is -2.33. The zero-order valence-corrected chi connectivity index (χ0v) is 19.9. The Morgan fingerprint density at radius 3 is 2.71 bits per heavy atom. The molecule has 9 nitrogen and oxygen atoms in total. The highest BCUT2D eigenvalue weighted by atomic mass is 32.2. The zero-order valence-electron chi connectivity index (χ0n) is 18.3. The summed E-state index contributed by atoms with van der Waals surface area (Å²) in [7, 11) is -3.66. The van der Waals surface area contributed by atoms with E-state index in [1.807, 2.05) is 30.5 Å². The Balaban J connectivity index is 1.13. The minimum atomic E-state index is -3.66. The van der Waals surface area contributed by atoms with E-state index in [9.17, 15) is 13.2 Å². The Bertz CT molecular complexity index is 1460. The first-order valence-electron chi connectivity index (χ1n) is 11.3. The number of carbonyl (C=O) groups is 1. The third kappa shape index (κ3) is 3.73. The maximum atomic E-state index is 13.2. The summed E-state index contributed by atoms with van der Waals surface area (Å²) in [4.78, 5) is 22.2. The van der Waals surface area contributed by atoms with E-state index in [4.69, 9.17) is 4.52 Å². The number of H-pyrrole nitrogens is 1. The smallest absolute Gasteiger partial charge is 0.254 e. The fraction of sp³-hybridized carbons (Fsp3) is 0.348. The molecular weight excluding hydrogens is 474 g/mol. The van der Waals surface area contributed by atoms with Gasteiger partial charge >= 0.3 is 0 Å². The standard InChI is InChI=1S/C23H23N5O4S2/c29-23(17-5-4-15-6-7-24-19(15)12-17)27-8-10-28(11-9-27)34(30,31)20-13-18(14-33-20)21-25-22(32-26-21)16-2-1-3-16/h4-7,12-14,16,24H,1-3,8-11H2. The van der Waals surface area contributed by atoms with Gasteiger partial charge in [-0.05, 0) is 42.5 Å². The summed E-state index contributed by atoms with van der Waals surface area (Å²) in [5.74, 6) is 1.29. The van der Waals surface area contributed by atoms with E-state index in [1.165, 1.54) is 10.7 Å². The van der Waals surface area contributed by atoms with E-state index < -0.39 is 10.0 Å². The van der Waals surface area contributed by atoms with Gasteiger partial charge in [-0.3, -0.25) is 4.79 Å². The van der Waals surface area contributed by atoms with Gasteiger partial charge in [0.15, 0.2) is 0 Å². The van der Waals surface area contributed by atoms with Crippen molar-refractivity contribution in [1.29, 1.82) is 0 Å². The SMILES string of the molecule is O=C(c1ccc2cc[nH]c2c1)N1CCN(S(=O)(=O)c2cc(-c3noc(C4CCC4)n3)cs2)CC1. The summed E-state index contributed by atoms with van der Waals surface area (Å²) in [5.41, 5.74) is 2.14. The van der Waals surface area contributed by atoms with E-state index in [1.54, 1.807) is 16.3 Å². The summed E-state index contributed by atoms with van der Waals surface area (Å²) in [5, 5.41) is 6.83. The number of benzene rings is 1. The number of nitrogens with one attached hydrogen (secondary N) is 1. The Hall–Kier alpha value is -3.02. The monoisotopic (exact) mass is 497 g/mol. The van der Waals surface area contributed by atoms with Crippen LogP contribution in [-0.2, 0) is 10.0 Å². The summed E-state index contributed by atoms with van der Waals surface area (Å²) in [6.45, 7) is 1.18. The predicted octanol–water partition coefficient (Wildman–Crippen LogP) is 3.69. The lowest BCUT2D eigenvalue weighted by molar-refractivity contribution is 0.0698. The number of amides is 1. The number of sulfonamides is 1. The van der Waals surface area contributed by atoms with Gasteiger partial charge in [-0.15, -0.1) is 11.3 Å². The van der Waals surface area contributed by atoms with Crippen molar-refractivity contribution in [1.82, 2.24) is 24.3 Å². The van der Waals surface area contributed by atoms with Crippen molar-refractivity contribution < 1.29 is 17.7 Å². The maximum Gasteiger partial charge on any atom is 0.254 e. The molecule has 0 spiro atoms. The molecule has 176 valence electrons. The summed E-state index contributed by atoms with van der Waals surface area (Å²) >= 11 is 1.15. The molecule has 0 atom stereocenters. The van der Waals surface area contributed by atoms with Crippen LogP contribution in [0.4, 0.5) is 0 Å². The van der Waals surface area contributed by atoms with Gasteiger partial charge in [0.25, 0.3) is 15.9 Å². The average molecular weight is 498 g/mol. The first-order chi connectivity index (χ1) is 16.5. The van der Waals surface area contributed by atoms with Crippen LogP contribution in [-0.4, -0.2) is 64.8 Å². The van der Waals surface area contributed by atoms with E-state index in [0.29, 0.717) is 41.8 Å². The molecule has 1 aromatic carbocycles. The molecule has 4 aromatic rings. The maximum absolute atomic E-state index is 13.2. The first kappa shape index (κ1) is 21.5. The van der Waals surface area contributed by atoms with Crippen LogP contribution in [0.15, 0.2) is 50.6 Å². The highest BCUT2D eigenvalue weighted by Gasteiger charge is 2.32. The molecule has 1 aliphatic carbocycles. The highest BCUT2D eigenvalue weighted by molar-refractivity contribution is 7.91. The van der Waals surface area contributed by atoms with Gasteiger partial charge in [0.2, 0.25) is 11.7 Å². The van der Waals surface area contributed by atoms with E-state index in [0.717, 1.165) is 35.1 Å². The molecule has 1 N–H and O–H groups in total. The fourth-order valence-electron chi connectivity index (χ4n) is 4.36. The van der Waals surface area contributed by atoms with Gasteiger partial charge in [0.05, 0.1) is 0 Å². The zero-order chi connectivity index (χ0) is 23.3. The Morgan fingerprint density at radius 2 is 1.94 bits per heavy atom. The molecule has 6 rings (SSSR count). The second-order valence-corrected chi connectivity index (χ2v) is 11.8. The number of nitrogens with zero attached hydrogens (tertiary/aromatic N) is 4. The van der Waals surface area contributed by atoms with Crippen molar-refractivity contribution in [2.75, 3.05) is 26.2 Å². The van der Waals surface area contributed by atoms with Crippen LogP contribution in [0.2, 0.25) is 0 Å². The number of aromatic nitrogens is 3. The molecule has 3 aromatic heterocycles. The Morgan fingerprint density at radius 1 is 1.12 bits per heavy atom. The number of thiophene rings is 1.